The normalized spacial score (nSPS) is 9.81. The summed E-state index contributed by atoms with van der Waals surface area (Å²) in [7, 11) is 0. The van der Waals surface area contributed by atoms with E-state index in [1.165, 1.54) is 0 Å². The van der Waals surface area contributed by atoms with Gasteiger partial charge in [-0.25, -0.2) is 0 Å². The van der Waals surface area contributed by atoms with Gasteiger partial charge in [-0.1, -0.05) is 18.8 Å². The van der Waals surface area contributed by atoms with Gasteiger partial charge in [0.05, 0.1) is 6.42 Å². The number of hydrogen-bond donors (Lipinski definition) is 2. The van der Waals surface area contributed by atoms with Gasteiger partial charge in [-0.05, 0) is 52.6 Å². The van der Waals surface area contributed by atoms with Crippen molar-refractivity contribution in [2.24, 2.45) is 0 Å². The number of anilines is 1. The molecule has 0 radical (unpaired) electrons. The van der Waals surface area contributed by atoms with Crippen LogP contribution in [0.3, 0.4) is 0 Å². The summed E-state index contributed by atoms with van der Waals surface area (Å²) in [6, 6.07) is 7.62. The third-order valence-corrected chi connectivity index (χ3v) is 3.75. The van der Waals surface area contributed by atoms with Crippen LogP contribution in [0.25, 0.3) is 0 Å². The minimum atomic E-state index is -0.152. The summed E-state index contributed by atoms with van der Waals surface area (Å²) in [4.78, 5) is 12.0. The highest BCUT2D eigenvalue weighted by Crippen LogP contribution is 2.18. The predicted octanol–water partition coefficient (Wildman–Crippen LogP) is 2.84. The van der Waals surface area contributed by atoms with Crippen molar-refractivity contribution in [2.45, 2.75) is 19.8 Å². The molecule has 0 spiro atoms. The zero-order valence-corrected chi connectivity index (χ0v) is 12.7. The van der Waals surface area contributed by atoms with Crippen LogP contribution in [0.1, 0.15) is 23.6 Å². The largest absolute Gasteiger partial charge is 0.384 e. The van der Waals surface area contributed by atoms with Crippen LogP contribution in [0.4, 0.5) is 5.69 Å². The molecular weight excluding hydrogens is 282 g/mol. The standard InChI is InChI=1S/C17H17NO2S/c1-2-15-10-13(4-3-8-19)5-6-16(15)18-17(20)11-14-7-9-21-12-14/h5-7,9-10,12,19H,2,8,11H2,1H3,(H,18,20). The highest BCUT2D eigenvalue weighted by molar-refractivity contribution is 7.08. The van der Waals surface area contributed by atoms with E-state index >= 15 is 0 Å². The Bertz CT molecular complexity index is 666. The molecule has 0 fully saturated rings. The molecule has 0 bridgehead atoms. The average molecular weight is 299 g/mol. The number of amides is 1. The minimum Gasteiger partial charge on any atom is -0.384 e. The molecule has 0 saturated heterocycles. The van der Waals surface area contributed by atoms with Gasteiger partial charge in [0.1, 0.15) is 6.61 Å². The highest BCUT2D eigenvalue weighted by Gasteiger charge is 2.08. The van der Waals surface area contributed by atoms with Crippen molar-refractivity contribution in [1.29, 1.82) is 0 Å². The van der Waals surface area contributed by atoms with Crippen molar-refractivity contribution < 1.29 is 9.90 Å². The Morgan fingerprint density at radius 3 is 2.90 bits per heavy atom. The number of carbonyl (C=O) groups excluding carboxylic acids is 1. The first-order valence-electron chi connectivity index (χ1n) is 6.76. The molecule has 3 nitrogen and oxygen atoms in total. The minimum absolute atomic E-state index is 0.0164. The quantitative estimate of drug-likeness (QED) is 0.853. The fraction of sp³-hybridized carbons (Fsp3) is 0.235. The van der Waals surface area contributed by atoms with Gasteiger partial charge >= 0.3 is 0 Å². The number of nitrogens with one attached hydrogen (secondary N) is 1. The number of rotatable bonds is 4. The second kappa shape index (κ2) is 7.63. The van der Waals surface area contributed by atoms with Crippen molar-refractivity contribution in [3.63, 3.8) is 0 Å². The van der Waals surface area contributed by atoms with Gasteiger partial charge in [0.25, 0.3) is 0 Å². The molecule has 0 aliphatic carbocycles. The zero-order chi connectivity index (χ0) is 15.1. The maximum absolute atomic E-state index is 12.0. The van der Waals surface area contributed by atoms with Crippen molar-refractivity contribution in [3.8, 4) is 11.8 Å². The summed E-state index contributed by atoms with van der Waals surface area (Å²) in [5, 5.41) is 15.6. The number of hydrogen-bond acceptors (Lipinski definition) is 3. The maximum atomic E-state index is 12.0. The lowest BCUT2D eigenvalue weighted by atomic mass is 10.1. The second-order valence-corrected chi connectivity index (χ2v) is 5.32. The van der Waals surface area contributed by atoms with Gasteiger partial charge in [-0.15, -0.1) is 0 Å². The monoisotopic (exact) mass is 299 g/mol. The third-order valence-electron chi connectivity index (χ3n) is 3.02. The molecule has 2 aromatic rings. The number of carbonyl (C=O) groups is 1. The molecule has 21 heavy (non-hydrogen) atoms. The SMILES string of the molecule is CCc1cc(C#CCO)ccc1NC(=O)Cc1ccsc1. The Morgan fingerprint density at radius 1 is 1.38 bits per heavy atom. The van der Waals surface area contributed by atoms with Crippen molar-refractivity contribution in [1.82, 2.24) is 0 Å². The van der Waals surface area contributed by atoms with Crippen molar-refractivity contribution in [3.05, 3.63) is 51.7 Å². The molecule has 0 aliphatic heterocycles. The average Bonchev–Trinajstić information content (AvgIpc) is 2.98. The third kappa shape index (κ3) is 4.45. The van der Waals surface area contributed by atoms with Crippen LogP contribution in [0.2, 0.25) is 0 Å². The Labute approximate surface area is 128 Å². The van der Waals surface area contributed by atoms with Crippen LogP contribution >= 0.6 is 11.3 Å². The molecule has 1 aromatic carbocycles. The highest BCUT2D eigenvalue weighted by atomic mass is 32.1. The molecule has 1 heterocycles. The number of thiophene rings is 1. The van der Waals surface area contributed by atoms with E-state index in [2.05, 4.69) is 17.2 Å². The predicted molar refractivity (Wildman–Crippen MR) is 86.4 cm³/mol. The Hall–Kier alpha value is -2.09. The van der Waals surface area contributed by atoms with Crippen LogP contribution in [0.5, 0.6) is 0 Å². The Morgan fingerprint density at radius 2 is 2.24 bits per heavy atom. The van der Waals surface area contributed by atoms with Gasteiger partial charge < -0.3 is 10.4 Å². The summed E-state index contributed by atoms with van der Waals surface area (Å²) in [5.74, 6) is 5.48. The van der Waals surface area contributed by atoms with E-state index in [-0.39, 0.29) is 12.5 Å². The fourth-order valence-corrected chi connectivity index (χ4v) is 2.67. The Balaban J connectivity index is 2.10. The van der Waals surface area contributed by atoms with E-state index in [9.17, 15) is 4.79 Å². The van der Waals surface area contributed by atoms with Gasteiger partial charge in [-0.2, -0.15) is 11.3 Å². The molecule has 1 aromatic heterocycles. The first-order valence-corrected chi connectivity index (χ1v) is 7.70. The fourth-order valence-electron chi connectivity index (χ4n) is 2.00. The first-order chi connectivity index (χ1) is 10.2. The van der Waals surface area contributed by atoms with E-state index in [1.54, 1.807) is 11.3 Å². The van der Waals surface area contributed by atoms with Crippen LogP contribution < -0.4 is 5.32 Å². The van der Waals surface area contributed by atoms with Gasteiger partial charge in [0.2, 0.25) is 5.91 Å². The van der Waals surface area contributed by atoms with Crippen LogP contribution in [0, 0.1) is 11.8 Å². The lowest BCUT2D eigenvalue weighted by molar-refractivity contribution is -0.115. The van der Waals surface area contributed by atoms with Crippen molar-refractivity contribution in [2.75, 3.05) is 11.9 Å². The second-order valence-electron chi connectivity index (χ2n) is 4.54. The Kier molecular flexibility index (Phi) is 5.56. The number of aliphatic hydroxyl groups is 1. The first kappa shape index (κ1) is 15.3. The summed E-state index contributed by atoms with van der Waals surface area (Å²) >= 11 is 1.59. The van der Waals surface area contributed by atoms with Gasteiger partial charge in [0, 0.05) is 11.3 Å². The molecular formula is C17H17NO2S. The smallest absolute Gasteiger partial charge is 0.228 e. The number of aryl methyl sites for hydroxylation is 1. The van der Waals surface area contributed by atoms with E-state index in [1.807, 2.05) is 41.9 Å². The van der Waals surface area contributed by atoms with E-state index < -0.39 is 0 Å². The van der Waals surface area contributed by atoms with Crippen LogP contribution in [0.15, 0.2) is 35.0 Å². The molecule has 4 heteroatoms. The van der Waals surface area contributed by atoms with E-state index in [4.69, 9.17) is 5.11 Å². The zero-order valence-electron chi connectivity index (χ0n) is 11.8. The lowest BCUT2D eigenvalue weighted by Crippen LogP contribution is -2.15. The maximum Gasteiger partial charge on any atom is 0.228 e. The molecule has 0 saturated carbocycles. The van der Waals surface area contributed by atoms with Gasteiger partial charge in [0.15, 0.2) is 0 Å². The topological polar surface area (TPSA) is 49.3 Å². The molecule has 2 rings (SSSR count). The van der Waals surface area contributed by atoms with E-state index in [0.29, 0.717) is 6.42 Å². The molecule has 108 valence electrons. The molecule has 1 amide bonds. The number of aliphatic hydroxyl groups excluding tert-OH is 1. The lowest BCUT2D eigenvalue weighted by Gasteiger charge is -2.10. The summed E-state index contributed by atoms with van der Waals surface area (Å²) in [6.45, 7) is 1.88. The van der Waals surface area contributed by atoms with Crippen molar-refractivity contribution >= 4 is 22.9 Å². The van der Waals surface area contributed by atoms with Crippen LogP contribution in [-0.4, -0.2) is 17.6 Å². The summed E-state index contributed by atoms with van der Waals surface area (Å²) in [6.07, 6.45) is 1.20. The summed E-state index contributed by atoms with van der Waals surface area (Å²) < 4.78 is 0. The van der Waals surface area contributed by atoms with Gasteiger partial charge in [-0.3, -0.25) is 4.79 Å². The molecule has 0 atom stereocenters. The molecule has 0 aliphatic rings. The molecule has 2 N–H and O–H groups in total. The summed E-state index contributed by atoms with van der Waals surface area (Å²) in [5.41, 5.74) is 3.74. The van der Waals surface area contributed by atoms with E-state index in [0.717, 1.165) is 28.8 Å². The van der Waals surface area contributed by atoms with Crippen LogP contribution in [-0.2, 0) is 17.6 Å². The number of benzene rings is 1. The molecule has 0 unspecified atom stereocenters.